The van der Waals surface area contributed by atoms with Crippen molar-refractivity contribution in [2.75, 3.05) is 24.5 Å². The quantitative estimate of drug-likeness (QED) is 0.756. The summed E-state index contributed by atoms with van der Waals surface area (Å²) in [6.07, 6.45) is 0. The van der Waals surface area contributed by atoms with Crippen molar-refractivity contribution >= 4 is 17.6 Å². The number of nitrogens with zero attached hydrogens (tertiary/aromatic N) is 1. The van der Waals surface area contributed by atoms with Gasteiger partial charge in [0.2, 0.25) is 0 Å². The number of carbonyl (C=O) groups excluding carboxylic acids is 2. The summed E-state index contributed by atoms with van der Waals surface area (Å²) in [5.41, 5.74) is 6.49. The van der Waals surface area contributed by atoms with E-state index in [2.05, 4.69) is 10.6 Å². The van der Waals surface area contributed by atoms with Crippen LogP contribution in [0.2, 0.25) is 0 Å². The molecule has 2 rings (SSSR count). The summed E-state index contributed by atoms with van der Waals surface area (Å²) < 4.78 is 0. The van der Waals surface area contributed by atoms with E-state index < -0.39 is 5.54 Å². The van der Waals surface area contributed by atoms with Crippen LogP contribution in [-0.2, 0) is 0 Å². The van der Waals surface area contributed by atoms with Crippen LogP contribution < -0.4 is 21.3 Å². The van der Waals surface area contributed by atoms with Crippen molar-refractivity contribution < 1.29 is 9.59 Å². The Hall–Kier alpha value is -2.08. The summed E-state index contributed by atoms with van der Waals surface area (Å²) in [7, 11) is 0. The highest BCUT2D eigenvalue weighted by atomic mass is 16.2. The first-order valence-corrected chi connectivity index (χ1v) is 6.61. The van der Waals surface area contributed by atoms with Gasteiger partial charge in [0.05, 0.1) is 0 Å². The lowest BCUT2D eigenvalue weighted by atomic mass is 10.1. The molecule has 1 fully saturated rings. The molecule has 0 saturated carbocycles. The predicted octanol–water partition coefficient (Wildman–Crippen LogP) is 0.683. The van der Waals surface area contributed by atoms with Crippen LogP contribution in [0.5, 0.6) is 0 Å². The molecule has 3 amide bonds. The maximum absolute atomic E-state index is 12.1. The third kappa shape index (κ3) is 3.08. The zero-order valence-electron chi connectivity index (χ0n) is 11.8. The van der Waals surface area contributed by atoms with E-state index in [1.54, 1.807) is 29.2 Å². The fraction of sp³-hybridized carbons (Fsp3) is 0.429. The van der Waals surface area contributed by atoms with Gasteiger partial charge in [0.25, 0.3) is 5.91 Å². The minimum atomic E-state index is -0.440. The summed E-state index contributed by atoms with van der Waals surface area (Å²) >= 11 is 0. The molecule has 0 bridgehead atoms. The second-order valence-corrected chi connectivity index (χ2v) is 5.47. The van der Waals surface area contributed by atoms with Gasteiger partial charge in [-0.15, -0.1) is 0 Å². The Morgan fingerprint density at radius 2 is 2.05 bits per heavy atom. The molecule has 0 radical (unpaired) electrons. The van der Waals surface area contributed by atoms with Crippen LogP contribution in [0, 0.1) is 0 Å². The average molecular weight is 276 g/mol. The van der Waals surface area contributed by atoms with Crippen LogP contribution in [-0.4, -0.2) is 37.1 Å². The number of anilines is 1. The van der Waals surface area contributed by atoms with Gasteiger partial charge in [-0.05, 0) is 38.1 Å². The highest BCUT2D eigenvalue weighted by Crippen LogP contribution is 2.17. The van der Waals surface area contributed by atoms with Crippen LogP contribution >= 0.6 is 0 Å². The zero-order chi connectivity index (χ0) is 14.8. The molecule has 4 N–H and O–H groups in total. The molecule has 0 unspecified atom stereocenters. The molecule has 1 aromatic rings. The minimum Gasteiger partial charge on any atom is -0.346 e. The van der Waals surface area contributed by atoms with Gasteiger partial charge in [0.15, 0.2) is 0 Å². The number of nitrogens with two attached hydrogens (primary N) is 1. The molecular weight excluding hydrogens is 256 g/mol. The smallest absolute Gasteiger partial charge is 0.321 e. The highest BCUT2D eigenvalue weighted by molar-refractivity contribution is 5.97. The molecule has 1 saturated heterocycles. The molecule has 6 nitrogen and oxygen atoms in total. The van der Waals surface area contributed by atoms with Crippen molar-refractivity contribution in [1.82, 2.24) is 10.6 Å². The molecule has 6 heteroatoms. The topological polar surface area (TPSA) is 87.5 Å². The Bertz CT molecular complexity index is 510. The number of hydrogen-bond donors (Lipinski definition) is 3. The molecule has 0 atom stereocenters. The average Bonchev–Trinajstić information content (AvgIpc) is 2.85. The van der Waals surface area contributed by atoms with Gasteiger partial charge < -0.3 is 16.4 Å². The lowest BCUT2D eigenvalue weighted by Crippen LogP contribution is -2.48. The summed E-state index contributed by atoms with van der Waals surface area (Å²) in [4.78, 5) is 25.2. The van der Waals surface area contributed by atoms with Crippen molar-refractivity contribution in [3.8, 4) is 0 Å². The van der Waals surface area contributed by atoms with Crippen LogP contribution in [0.1, 0.15) is 24.2 Å². The number of urea groups is 1. The van der Waals surface area contributed by atoms with Crippen LogP contribution in [0.25, 0.3) is 0 Å². The number of benzene rings is 1. The number of hydrogen-bond acceptors (Lipinski definition) is 3. The molecule has 20 heavy (non-hydrogen) atoms. The molecule has 0 aliphatic carbocycles. The summed E-state index contributed by atoms with van der Waals surface area (Å²) in [6.45, 7) is 5.39. The van der Waals surface area contributed by atoms with E-state index in [9.17, 15) is 9.59 Å². The first-order valence-electron chi connectivity index (χ1n) is 6.61. The van der Waals surface area contributed by atoms with E-state index in [1.165, 1.54) is 0 Å². The van der Waals surface area contributed by atoms with Crippen LogP contribution in [0.4, 0.5) is 10.5 Å². The predicted molar refractivity (Wildman–Crippen MR) is 77.8 cm³/mol. The third-order valence-electron chi connectivity index (χ3n) is 3.26. The number of nitrogens with one attached hydrogen (secondary N) is 2. The van der Waals surface area contributed by atoms with Gasteiger partial charge in [-0.1, -0.05) is 0 Å². The molecule has 0 spiro atoms. The largest absolute Gasteiger partial charge is 0.346 e. The van der Waals surface area contributed by atoms with Gasteiger partial charge in [-0.3, -0.25) is 9.69 Å². The van der Waals surface area contributed by atoms with Gasteiger partial charge in [-0.25, -0.2) is 4.79 Å². The molecule has 1 aliphatic heterocycles. The molecule has 108 valence electrons. The summed E-state index contributed by atoms with van der Waals surface area (Å²) in [6, 6.07) is 6.86. The molecular formula is C14H20N4O2. The van der Waals surface area contributed by atoms with Crippen LogP contribution in [0.3, 0.4) is 0 Å². The number of carbonyl (C=O) groups is 2. The van der Waals surface area contributed by atoms with E-state index in [0.717, 1.165) is 5.69 Å². The Balaban J connectivity index is 2.08. The van der Waals surface area contributed by atoms with E-state index in [1.807, 2.05) is 13.8 Å². The van der Waals surface area contributed by atoms with Crippen molar-refractivity contribution in [2.24, 2.45) is 5.73 Å². The Morgan fingerprint density at radius 1 is 1.40 bits per heavy atom. The van der Waals surface area contributed by atoms with Gasteiger partial charge in [-0.2, -0.15) is 0 Å². The SMILES string of the molecule is CC(C)(CN)NC(=O)c1ccc(N2CCNC2=O)cc1. The monoisotopic (exact) mass is 276 g/mol. The van der Waals surface area contributed by atoms with Gasteiger partial charge >= 0.3 is 6.03 Å². The third-order valence-corrected chi connectivity index (χ3v) is 3.26. The van der Waals surface area contributed by atoms with Crippen molar-refractivity contribution in [1.29, 1.82) is 0 Å². The standard InChI is InChI=1S/C14H20N4O2/c1-14(2,9-15)17-12(19)10-3-5-11(6-4-10)18-8-7-16-13(18)20/h3-6H,7-9,15H2,1-2H3,(H,16,20)(H,17,19). The Kier molecular flexibility index (Phi) is 3.94. The fourth-order valence-electron chi connectivity index (χ4n) is 1.94. The van der Waals surface area contributed by atoms with Crippen molar-refractivity contribution in [2.45, 2.75) is 19.4 Å². The summed E-state index contributed by atoms with van der Waals surface area (Å²) in [5, 5.41) is 5.60. The van der Waals surface area contributed by atoms with Crippen LogP contribution in [0.15, 0.2) is 24.3 Å². The van der Waals surface area contributed by atoms with Crippen molar-refractivity contribution in [3.05, 3.63) is 29.8 Å². The first-order chi connectivity index (χ1) is 9.43. The van der Waals surface area contributed by atoms with E-state index in [-0.39, 0.29) is 11.9 Å². The Morgan fingerprint density at radius 3 is 2.55 bits per heavy atom. The Labute approximate surface area is 118 Å². The molecule has 1 heterocycles. The fourth-order valence-corrected chi connectivity index (χ4v) is 1.94. The maximum atomic E-state index is 12.1. The van der Waals surface area contributed by atoms with Gasteiger partial charge in [0.1, 0.15) is 0 Å². The summed E-state index contributed by atoms with van der Waals surface area (Å²) in [5.74, 6) is -0.169. The minimum absolute atomic E-state index is 0.105. The lowest BCUT2D eigenvalue weighted by molar-refractivity contribution is 0.0915. The van der Waals surface area contributed by atoms with Gasteiger partial charge in [0, 0.05) is 36.4 Å². The molecule has 1 aliphatic rings. The normalized spacial score (nSPS) is 15.2. The van der Waals surface area contributed by atoms with E-state index in [0.29, 0.717) is 25.2 Å². The first kappa shape index (κ1) is 14.3. The van der Waals surface area contributed by atoms with Crippen molar-refractivity contribution in [3.63, 3.8) is 0 Å². The second kappa shape index (κ2) is 5.50. The second-order valence-electron chi connectivity index (χ2n) is 5.47. The molecule has 1 aromatic carbocycles. The maximum Gasteiger partial charge on any atom is 0.321 e. The number of amides is 3. The van der Waals surface area contributed by atoms with E-state index in [4.69, 9.17) is 5.73 Å². The lowest BCUT2D eigenvalue weighted by Gasteiger charge is -2.24. The highest BCUT2D eigenvalue weighted by Gasteiger charge is 2.22. The zero-order valence-corrected chi connectivity index (χ0v) is 11.8. The molecule has 0 aromatic heterocycles. The number of rotatable bonds is 4. The van der Waals surface area contributed by atoms with E-state index >= 15 is 0 Å².